The molecule has 0 amide bonds. The molecule has 1 N–H and O–H groups in total. The minimum atomic E-state index is 0.263. The number of aryl methyl sites for hydroxylation is 2. The molecule has 1 unspecified atom stereocenters. The Balaban J connectivity index is 1.91. The molecule has 1 nitrogen and oxygen atoms in total. The van der Waals surface area contributed by atoms with Gasteiger partial charge in [0.2, 0.25) is 0 Å². The van der Waals surface area contributed by atoms with Crippen LogP contribution in [0.2, 0.25) is 14.4 Å². The molecule has 20 heavy (non-hydrogen) atoms. The number of benzene rings is 1. The van der Waals surface area contributed by atoms with E-state index in [0.29, 0.717) is 5.02 Å². The van der Waals surface area contributed by atoms with Crippen molar-refractivity contribution in [3.05, 3.63) is 48.6 Å². The molecular formula is C15H14Cl3NS. The first-order valence-electron chi connectivity index (χ1n) is 6.55. The highest BCUT2D eigenvalue weighted by atomic mass is 35.5. The van der Waals surface area contributed by atoms with Crippen LogP contribution in [-0.2, 0) is 6.42 Å². The molecule has 2 aromatic rings. The summed E-state index contributed by atoms with van der Waals surface area (Å²) in [6.45, 7) is 1.95. The average Bonchev–Trinajstić information content (AvgIpc) is 2.77. The van der Waals surface area contributed by atoms with Gasteiger partial charge in [0, 0.05) is 9.90 Å². The van der Waals surface area contributed by atoms with Crippen molar-refractivity contribution in [2.24, 2.45) is 0 Å². The normalized spacial score (nSPS) is 17.9. The van der Waals surface area contributed by atoms with E-state index in [-0.39, 0.29) is 6.04 Å². The Bertz CT molecular complexity index is 651. The smallest absolute Gasteiger partial charge is 0.0934 e. The van der Waals surface area contributed by atoms with Crippen molar-refractivity contribution in [2.75, 3.05) is 5.32 Å². The van der Waals surface area contributed by atoms with Gasteiger partial charge in [0.25, 0.3) is 0 Å². The van der Waals surface area contributed by atoms with Crippen molar-refractivity contribution in [2.45, 2.75) is 32.2 Å². The van der Waals surface area contributed by atoms with Crippen molar-refractivity contribution in [1.82, 2.24) is 0 Å². The van der Waals surface area contributed by atoms with Crippen LogP contribution in [0.4, 0.5) is 5.69 Å². The van der Waals surface area contributed by atoms with E-state index in [1.165, 1.54) is 16.9 Å². The molecule has 1 aliphatic rings. The lowest BCUT2D eigenvalue weighted by Gasteiger charge is -2.25. The molecule has 1 aromatic carbocycles. The van der Waals surface area contributed by atoms with Gasteiger partial charge in [0.05, 0.1) is 21.1 Å². The molecule has 0 fully saturated rings. The summed E-state index contributed by atoms with van der Waals surface area (Å²) in [5, 5.41) is 4.96. The Hall–Kier alpha value is -0.410. The highest BCUT2D eigenvalue weighted by Crippen LogP contribution is 2.40. The minimum absolute atomic E-state index is 0.263. The molecule has 1 aromatic heterocycles. The monoisotopic (exact) mass is 345 g/mol. The molecule has 0 spiro atoms. The molecule has 3 rings (SSSR count). The molecule has 5 heteroatoms. The summed E-state index contributed by atoms with van der Waals surface area (Å²) in [6, 6.07) is 6.14. The van der Waals surface area contributed by atoms with Crippen LogP contribution >= 0.6 is 46.1 Å². The number of halogens is 3. The van der Waals surface area contributed by atoms with Crippen LogP contribution in [0.15, 0.2) is 18.2 Å². The summed E-state index contributed by atoms with van der Waals surface area (Å²) in [4.78, 5) is 1.38. The first-order valence-corrected chi connectivity index (χ1v) is 8.50. The third-order valence-electron chi connectivity index (χ3n) is 3.66. The van der Waals surface area contributed by atoms with Crippen molar-refractivity contribution in [3.8, 4) is 0 Å². The van der Waals surface area contributed by atoms with Crippen molar-refractivity contribution in [3.63, 3.8) is 0 Å². The maximum Gasteiger partial charge on any atom is 0.0934 e. The molecular weight excluding hydrogens is 333 g/mol. The van der Waals surface area contributed by atoms with Crippen LogP contribution in [-0.4, -0.2) is 0 Å². The SMILES string of the molecule is Cc1cc(Cl)c(NC2CCCc3sc(Cl)cc32)cc1Cl. The number of anilines is 1. The van der Waals surface area contributed by atoms with Gasteiger partial charge in [-0.25, -0.2) is 0 Å². The zero-order valence-corrected chi connectivity index (χ0v) is 14.1. The molecule has 0 radical (unpaired) electrons. The third kappa shape index (κ3) is 2.80. The van der Waals surface area contributed by atoms with Crippen molar-refractivity contribution >= 4 is 51.8 Å². The van der Waals surface area contributed by atoms with E-state index in [1.807, 2.05) is 19.1 Å². The minimum Gasteiger partial charge on any atom is -0.377 e. The molecule has 0 aliphatic heterocycles. The summed E-state index contributed by atoms with van der Waals surface area (Å²) in [6.07, 6.45) is 3.37. The van der Waals surface area contributed by atoms with Gasteiger partial charge in [-0.15, -0.1) is 11.3 Å². The van der Waals surface area contributed by atoms with Gasteiger partial charge in [-0.1, -0.05) is 34.8 Å². The van der Waals surface area contributed by atoms with Gasteiger partial charge in [-0.05, 0) is 55.5 Å². The Morgan fingerprint density at radius 2 is 1.95 bits per heavy atom. The fraction of sp³-hybridized carbons (Fsp3) is 0.333. The number of nitrogens with one attached hydrogen (secondary N) is 1. The van der Waals surface area contributed by atoms with E-state index < -0.39 is 0 Å². The Labute approximate surface area is 137 Å². The van der Waals surface area contributed by atoms with Crippen molar-refractivity contribution < 1.29 is 0 Å². The van der Waals surface area contributed by atoms with Gasteiger partial charge in [-0.2, -0.15) is 0 Å². The van der Waals surface area contributed by atoms with E-state index >= 15 is 0 Å². The van der Waals surface area contributed by atoms with E-state index in [0.717, 1.165) is 33.5 Å². The lowest BCUT2D eigenvalue weighted by Crippen LogP contribution is -2.15. The van der Waals surface area contributed by atoms with Crippen LogP contribution in [0.25, 0.3) is 0 Å². The van der Waals surface area contributed by atoms with E-state index in [2.05, 4.69) is 11.4 Å². The summed E-state index contributed by atoms with van der Waals surface area (Å²) in [5.41, 5.74) is 3.19. The van der Waals surface area contributed by atoms with Gasteiger partial charge in [0.15, 0.2) is 0 Å². The standard InChI is InChI=1S/C15H14Cl3NS/c1-8-5-11(17)13(7-10(8)16)19-12-3-2-4-14-9(12)6-15(18)20-14/h5-7,12,19H,2-4H2,1H3. The fourth-order valence-corrected chi connectivity index (χ4v) is 4.44. The number of rotatable bonds is 2. The second-order valence-corrected chi connectivity index (χ2v) is 7.68. The second-order valence-electron chi connectivity index (χ2n) is 5.10. The summed E-state index contributed by atoms with van der Waals surface area (Å²) >= 11 is 20.3. The van der Waals surface area contributed by atoms with E-state index in [9.17, 15) is 0 Å². The quantitative estimate of drug-likeness (QED) is 0.654. The molecule has 1 aliphatic carbocycles. The molecule has 0 bridgehead atoms. The molecule has 1 atom stereocenters. The number of fused-ring (bicyclic) bond motifs is 1. The average molecular weight is 347 g/mol. The maximum absolute atomic E-state index is 6.31. The van der Waals surface area contributed by atoms with Crippen LogP contribution in [0.5, 0.6) is 0 Å². The lowest BCUT2D eigenvalue weighted by atomic mass is 9.94. The van der Waals surface area contributed by atoms with Gasteiger partial charge in [0.1, 0.15) is 0 Å². The van der Waals surface area contributed by atoms with E-state index in [1.54, 1.807) is 11.3 Å². The topological polar surface area (TPSA) is 12.0 Å². The van der Waals surface area contributed by atoms with Gasteiger partial charge >= 0.3 is 0 Å². The van der Waals surface area contributed by atoms with Crippen LogP contribution in [0, 0.1) is 6.92 Å². The molecule has 0 saturated carbocycles. The fourth-order valence-electron chi connectivity index (χ4n) is 2.62. The zero-order valence-electron chi connectivity index (χ0n) is 11.0. The predicted molar refractivity (Wildman–Crippen MR) is 89.8 cm³/mol. The second kappa shape index (κ2) is 5.76. The van der Waals surface area contributed by atoms with Crippen molar-refractivity contribution in [1.29, 1.82) is 0 Å². The molecule has 0 saturated heterocycles. The number of hydrogen-bond acceptors (Lipinski definition) is 2. The highest BCUT2D eigenvalue weighted by Gasteiger charge is 2.23. The van der Waals surface area contributed by atoms with Gasteiger partial charge < -0.3 is 5.32 Å². The predicted octanol–water partition coefficient (Wildman–Crippen LogP) is 6.51. The van der Waals surface area contributed by atoms with Crippen LogP contribution in [0.3, 0.4) is 0 Å². The Morgan fingerprint density at radius 3 is 2.75 bits per heavy atom. The summed E-state index contributed by atoms with van der Waals surface area (Å²) < 4.78 is 0.858. The Morgan fingerprint density at radius 1 is 1.15 bits per heavy atom. The lowest BCUT2D eigenvalue weighted by molar-refractivity contribution is 0.609. The number of hydrogen-bond donors (Lipinski definition) is 1. The zero-order chi connectivity index (χ0) is 14.3. The largest absolute Gasteiger partial charge is 0.377 e. The highest BCUT2D eigenvalue weighted by molar-refractivity contribution is 7.16. The first-order chi connectivity index (χ1) is 9.54. The van der Waals surface area contributed by atoms with Gasteiger partial charge in [-0.3, -0.25) is 0 Å². The first kappa shape index (κ1) is 14.5. The molecule has 1 heterocycles. The third-order valence-corrected chi connectivity index (χ3v) is 5.72. The van der Waals surface area contributed by atoms with Crippen LogP contribution < -0.4 is 5.32 Å². The summed E-state index contributed by atoms with van der Waals surface area (Å²) in [5.74, 6) is 0. The number of thiophene rings is 1. The van der Waals surface area contributed by atoms with E-state index in [4.69, 9.17) is 34.8 Å². The maximum atomic E-state index is 6.31. The Kier molecular flexibility index (Phi) is 4.19. The van der Waals surface area contributed by atoms with Crippen LogP contribution in [0.1, 0.15) is 34.9 Å². The molecule has 106 valence electrons. The summed E-state index contributed by atoms with van der Waals surface area (Å²) in [7, 11) is 0.